The molecule has 1 atom stereocenters. The molecule has 0 spiro atoms. The average Bonchev–Trinajstić information content (AvgIpc) is 3.14. The second-order valence-electron chi connectivity index (χ2n) is 8.51. The molecule has 0 saturated heterocycles. The van der Waals surface area contributed by atoms with Gasteiger partial charge < -0.3 is 14.2 Å². The largest absolute Gasteiger partial charge is 0.494 e. The number of fused-ring (bicyclic) bond motifs is 1. The molecular formula is C28H30N2O5S. The lowest BCUT2D eigenvalue weighted by Gasteiger charge is -2.24. The van der Waals surface area contributed by atoms with Crippen LogP contribution in [-0.2, 0) is 9.53 Å². The van der Waals surface area contributed by atoms with Crippen LogP contribution in [0, 0.1) is 0 Å². The number of carbonyl (C=O) groups is 1. The van der Waals surface area contributed by atoms with Gasteiger partial charge in [-0.25, -0.2) is 9.79 Å². The average molecular weight is 507 g/mol. The van der Waals surface area contributed by atoms with Crippen molar-refractivity contribution in [3.8, 4) is 11.5 Å². The van der Waals surface area contributed by atoms with Crippen LogP contribution in [0.1, 0.15) is 51.8 Å². The number of carbonyl (C=O) groups excluding carboxylic acids is 1. The quantitative estimate of drug-likeness (QED) is 0.432. The van der Waals surface area contributed by atoms with Gasteiger partial charge in [-0.15, -0.1) is 0 Å². The standard InChI is InChI=1S/C28H30N2O5S/c1-6-33-21-14-12-19(13-15-21)25-24(27(32)34-7-2)18(5)29-28-30(25)26(31)23(36-28)16-20-10-8-9-11-22(20)35-17(3)4/h8-17,25H,6-7H2,1-5H3/b23-16-/t25-/m0/s1. The molecule has 188 valence electrons. The van der Waals surface area contributed by atoms with Crippen LogP contribution in [-0.4, -0.2) is 29.9 Å². The molecule has 0 radical (unpaired) electrons. The Morgan fingerprint density at radius 1 is 1.11 bits per heavy atom. The van der Waals surface area contributed by atoms with Gasteiger partial charge in [0.05, 0.1) is 41.2 Å². The van der Waals surface area contributed by atoms with Crippen LogP contribution in [0.2, 0.25) is 0 Å². The lowest BCUT2D eigenvalue weighted by atomic mass is 9.96. The molecule has 0 bridgehead atoms. The molecule has 8 heteroatoms. The van der Waals surface area contributed by atoms with Crippen LogP contribution in [0.25, 0.3) is 6.08 Å². The van der Waals surface area contributed by atoms with Crippen molar-refractivity contribution in [1.82, 2.24) is 4.57 Å². The number of thiazole rings is 1. The number of para-hydroxylation sites is 1. The van der Waals surface area contributed by atoms with E-state index in [-0.39, 0.29) is 18.3 Å². The van der Waals surface area contributed by atoms with Crippen molar-refractivity contribution in [1.29, 1.82) is 0 Å². The Balaban J connectivity index is 1.90. The minimum Gasteiger partial charge on any atom is -0.494 e. The number of rotatable bonds is 8. The third-order valence-electron chi connectivity index (χ3n) is 5.59. The van der Waals surface area contributed by atoms with Crippen LogP contribution < -0.4 is 24.4 Å². The summed E-state index contributed by atoms with van der Waals surface area (Å²) in [5.74, 6) is 0.932. The first-order valence-corrected chi connectivity index (χ1v) is 12.8. The Morgan fingerprint density at radius 2 is 1.83 bits per heavy atom. The number of hydrogen-bond donors (Lipinski definition) is 0. The highest BCUT2D eigenvalue weighted by Crippen LogP contribution is 2.31. The monoisotopic (exact) mass is 506 g/mol. The minimum absolute atomic E-state index is 0.00443. The zero-order valence-electron chi connectivity index (χ0n) is 21.1. The molecule has 0 fully saturated rings. The molecular weight excluding hydrogens is 476 g/mol. The minimum atomic E-state index is -0.666. The van der Waals surface area contributed by atoms with Crippen LogP contribution in [0.15, 0.2) is 69.6 Å². The molecule has 1 aliphatic heterocycles. The summed E-state index contributed by atoms with van der Waals surface area (Å²) in [4.78, 5) is 32.0. The smallest absolute Gasteiger partial charge is 0.338 e. The van der Waals surface area contributed by atoms with E-state index in [0.717, 1.165) is 11.1 Å². The van der Waals surface area contributed by atoms with Crippen molar-refractivity contribution < 1.29 is 19.0 Å². The second-order valence-corrected chi connectivity index (χ2v) is 9.52. The van der Waals surface area contributed by atoms with E-state index in [0.29, 0.717) is 38.7 Å². The van der Waals surface area contributed by atoms with Crippen molar-refractivity contribution in [3.05, 3.63) is 90.6 Å². The van der Waals surface area contributed by atoms with E-state index in [4.69, 9.17) is 14.2 Å². The first-order chi connectivity index (χ1) is 17.3. The van der Waals surface area contributed by atoms with E-state index in [9.17, 15) is 9.59 Å². The molecule has 0 aliphatic carbocycles. The molecule has 2 heterocycles. The molecule has 0 N–H and O–H groups in total. The Morgan fingerprint density at radius 3 is 2.50 bits per heavy atom. The molecule has 3 aromatic rings. The summed E-state index contributed by atoms with van der Waals surface area (Å²) in [5, 5.41) is 0. The van der Waals surface area contributed by atoms with Gasteiger partial charge in [-0.05, 0) is 64.5 Å². The fourth-order valence-electron chi connectivity index (χ4n) is 4.12. The van der Waals surface area contributed by atoms with E-state index in [2.05, 4.69) is 4.99 Å². The first kappa shape index (κ1) is 25.4. The number of hydrogen-bond acceptors (Lipinski definition) is 7. The van der Waals surface area contributed by atoms with Crippen LogP contribution >= 0.6 is 11.3 Å². The molecule has 7 nitrogen and oxygen atoms in total. The number of aromatic nitrogens is 1. The third kappa shape index (κ3) is 5.14. The van der Waals surface area contributed by atoms with Crippen LogP contribution in [0.3, 0.4) is 0 Å². The molecule has 36 heavy (non-hydrogen) atoms. The highest BCUT2D eigenvalue weighted by atomic mass is 32.1. The summed E-state index contributed by atoms with van der Waals surface area (Å²) in [6.07, 6.45) is 1.82. The highest BCUT2D eigenvalue weighted by Gasteiger charge is 2.33. The Labute approximate surface area is 214 Å². The highest BCUT2D eigenvalue weighted by molar-refractivity contribution is 7.07. The van der Waals surface area contributed by atoms with Gasteiger partial charge in [-0.2, -0.15) is 0 Å². The SMILES string of the molecule is CCOC(=O)C1=C(C)N=c2s/c(=C\c3ccccc3OC(C)C)c(=O)n2[C@H]1c1ccc(OCC)cc1. The van der Waals surface area contributed by atoms with Crippen molar-refractivity contribution in [2.75, 3.05) is 13.2 Å². The van der Waals surface area contributed by atoms with Crippen molar-refractivity contribution in [2.24, 2.45) is 4.99 Å². The van der Waals surface area contributed by atoms with Gasteiger partial charge >= 0.3 is 5.97 Å². The van der Waals surface area contributed by atoms with Crippen LogP contribution in [0.5, 0.6) is 11.5 Å². The summed E-state index contributed by atoms with van der Waals surface area (Å²) < 4.78 is 19.0. The fourth-order valence-corrected chi connectivity index (χ4v) is 5.16. The molecule has 0 amide bonds. The normalized spacial score (nSPS) is 15.5. The van der Waals surface area contributed by atoms with E-state index in [1.165, 1.54) is 11.3 Å². The summed E-state index contributed by atoms with van der Waals surface area (Å²) in [5.41, 5.74) is 2.22. The molecule has 4 rings (SSSR count). The van der Waals surface area contributed by atoms with Crippen molar-refractivity contribution >= 4 is 23.4 Å². The Bertz CT molecular complexity index is 1460. The van der Waals surface area contributed by atoms with Gasteiger partial charge in [-0.1, -0.05) is 41.7 Å². The van der Waals surface area contributed by atoms with Gasteiger partial charge in [0.25, 0.3) is 5.56 Å². The predicted octanol–water partition coefficient (Wildman–Crippen LogP) is 3.98. The van der Waals surface area contributed by atoms with Crippen molar-refractivity contribution in [3.63, 3.8) is 0 Å². The maximum atomic E-state index is 13.8. The predicted molar refractivity (Wildman–Crippen MR) is 140 cm³/mol. The van der Waals surface area contributed by atoms with Gasteiger partial charge in [0, 0.05) is 5.56 Å². The van der Waals surface area contributed by atoms with E-state index in [1.807, 2.05) is 75.4 Å². The Hall–Kier alpha value is -3.65. The van der Waals surface area contributed by atoms with Gasteiger partial charge in [-0.3, -0.25) is 9.36 Å². The maximum Gasteiger partial charge on any atom is 0.338 e. The second kappa shape index (κ2) is 11.0. The van der Waals surface area contributed by atoms with Gasteiger partial charge in [0.15, 0.2) is 4.80 Å². The van der Waals surface area contributed by atoms with Gasteiger partial charge in [0.2, 0.25) is 0 Å². The summed E-state index contributed by atoms with van der Waals surface area (Å²) in [6.45, 7) is 10.1. The third-order valence-corrected chi connectivity index (χ3v) is 6.58. The zero-order valence-corrected chi connectivity index (χ0v) is 21.9. The number of allylic oxidation sites excluding steroid dienone is 1. The van der Waals surface area contributed by atoms with Crippen LogP contribution in [0.4, 0.5) is 0 Å². The number of nitrogens with zero attached hydrogens (tertiary/aromatic N) is 2. The number of benzene rings is 2. The van der Waals surface area contributed by atoms with E-state index < -0.39 is 12.0 Å². The van der Waals surface area contributed by atoms with Crippen molar-refractivity contribution in [2.45, 2.75) is 46.8 Å². The molecule has 0 saturated carbocycles. The summed E-state index contributed by atoms with van der Waals surface area (Å²) in [7, 11) is 0. The summed E-state index contributed by atoms with van der Waals surface area (Å²) >= 11 is 1.29. The molecule has 1 aromatic heterocycles. The summed E-state index contributed by atoms with van der Waals surface area (Å²) in [6, 6.07) is 14.4. The molecule has 1 aliphatic rings. The maximum absolute atomic E-state index is 13.8. The van der Waals surface area contributed by atoms with E-state index >= 15 is 0 Å². The first-order valence-electron chi connectivity index (χ1n) is 12.0. The van der Waals surface area contributed by atoms with Gasteiger partial charge in [0.1, 0.15) is 11.5 Å². The molecule has 0 unspecified atom stereocenters. The topological polar surface area (TPSA) is 79.1 Å². The number of ether oxygens (including phenoxy) is 3. The Kier molecular flexibility index (Phi) is 7.74. The fraction of sp³-hybridized carbons (Fsp3) is 0.321. The molecule has 2 aromatic carbocycles. The zero-order chi connectivity index (χ0) is 25.8. The lowest BCUT2D eigenvalue weighted by Crippen LogP contribution is -2.39. The lowest BCUT2D eigenvalue weighted by molar-refractivity contribution is -0.139. The van der Waals surface area contributed by atoms with E-state index in [1.54, 1.807) is 18.4 Å². The number of esters is 1.